The fraction of sp³-hybridized carbons (Fsp3) is 0. The van der Waals surface area contributed by atoms with E-state index in [-0.39, 0.29) is 25.2 Å². The van der Waals surface area contributed by atoms with Crippen LogP contribution in [0.1, 0.15) is 10.5 Å². The smallest absolute Gasteiger partial charge is 0.543 e. The van der Waals surface area contributed by atoms with Crippen LogP contribution < -0.4 is 5.11 Å². The molecule has 0 saturated carbocycles. The molecule has 0 aromatic carbocycles. The molecule has 1 rings (SSSR count). The second kappa shape index (κ2) is 4.12. The van der Waals surface area contributed by atoms with Crippen molar-refractivity contribution in [2.24, 2.45) is 0 Å². The normalized spacial score (nSPS) is 8.00. The summed E-state index contributed by atoms with van der Waals surface area (Å²) in [6.07, 6.45) is 1.41. The van der Waals surface area contributed by atoms with E-state index < -0.39 is 5.97 Å². The quantitative estimate of drug-likeness (QED) is 0.600. The molecule has 4 heteroatoms. The summed E-state index contributed by atoms with van der Waals surface area (Å²) in [5, 5.41) is 10.0. The monoisotopic (exact) mass is 224 g/mol. The Hall–Kier alpha value is -0.757. The molecule has 0 unspecified atom stereocenters. The summed E-state index contributed by atoms with van der Waals surface area (Å²) in [4.78, 5) is 13.5. The van der Waals surface area contributed by atoms with Crippen molar-refractivity contribution in [2.45, 2.75) is 0 Å². The van der Waals surface area contributed by atoms with Crippen molar-refractivity contribution in [3.8, 4) is 0 Å². The second-order valence-electron chi connectivity index (χ2n) is 1.50. The number of carboxylic acids is 1. The van der Waals surface area contributed by atoms with Gasteiger partial charge in [0.05, 0.1) is 11.7 Å². The average Bonchev–Trinajstić information content (AvgIpc) is 1.90. The van der Waals surface area contributed by atoms with Gasteiger partial charge in [-0.25, -0.2) is 0 Å². The zero-order valence-corrected chi connectivity index (χ0v) is 6.66. The summed E-state index contributed by atoms with van der Waals surface area (Å²) in [5.41, 5.74) is -0.0301. The number of aromatic nitrogens is 1. The number of hydrogen-bond donors (Lipinski definition) is 0. The number of pyridine rings is 1. The molecule has 1 aromatic heterocycles. The Morgan fingerprint density at radius 2 is 2.20 bits per heavy atom. The number of carbonyl (C=O) groups excluding carboxylic acids is 1. The Morgan fingerprint density at radius 3 is 2.50 bits per heavy atom. The number of rotatable bonds is 1. The fourth-order valence-corrected chi connectivity index (χ4v) is 0.484. The first-order valence-electron chi connectivity index (χ1n) is 2.43. The Kier molecular flexibility index (Phi) is 3.81. The summed E-state index contributed by atoms with van der Waals surface area (Å²) < 4.78 is 0. The number of aromatic carboxylic acids is 1. The molecule has 0 aliphatic heterocycles. The van der Waals surface area contributed by atoms with Crippen LogP contribution in [-0.4, -0.2) is 11.0 Å². The van der Waals surface area contributed by atoms with Gasteiger partial charge in [0.2, 0.25) is 0 Å². The van der Waals surface area contributed by atoms with Gasteiger partial charge >= 0.3 is 19.5 Å². The molecule has 0 fully saturated rings. The molecule has 0 saturated heterocycles. The Morgan fingerprint density at radius 1 is 1.50 bits per heavy atom. The third-order valence-corrected chi connectivity index (χ3v) is 0.874. The molecule has 0 N–H and O–H groups in total. The van der Waals surface area contributed by atoms with Gasteiger partial charge in [-0.1, -0.05) is 6.07 Å². The van der Waals surface area contributed by atoms with E-state index in [2.05, 4.69) is 4.98 Å². The van der Waals surface area contributed by atoms with E-state index in [1.54, 1.807) is 12.1 Å². The van der Waals surface area contributed by atoms with E-state index in [0.717, 1.165) is 0 Å². The fourth-order valence-electron chi connectivity index (χ4n) is 0.484. The topological polar surface area (TPSA) is 53.0 Å². The maximum absolute atomic E-state index is 10.0. The Balaban J connectivity index is 0.000000810. The van der Waals surface area contributed by atoms with Gasteiger partial charge in [0, 0.05) is 6.20 Å². The van der Waals surface area contributed by atoms with Crippen LogP contribution in [0, 0.1) is 0 Å². The van der Waals surface area contributed by atoms with E-state index in [0.29, 0.717) is 0 Å². The van der Waals surface area contributed by atoms with Crippen molar-refractivity contribution >= 4 is 5.97 Å². The van der Waals surface area contributed by atoms with Crippen molar-refractivity contribution in [1.82, 2.24) is 4.98 Å². The minimum Gasteiger partial charge on any atom is -0.543 e. The molecule has 10 heavy (non-hydrogen) atoms. The van der Waals surface area contributed by atoms with Gasteiger partial charge in [0.25, 0.3) is 0 Å². The largest absolute Gasteiger partial charge is 3.00 e. The van der Waals surface area contributed by atoms with Gasteiger partial charge in [-0.15, -0.1) is 0 Å². The molecule has 51 valence electrons. The second-order valence-corrected chi connectivity index (χ2v) is 1.50. The van der Waals surface area contributed by atoms with E-state index in [1.807, 2.05) is 0 Å². The van der Waals surface area contributed by atoms with Gasteiger partial charge in [-0.05, 0) is 12.1 Å². The van der Waals surface area contributed by atoms with Crippen LogP contribution in [0.2, 0.25) is 0 Å². The zero-order chi connectivity index (χ0) is 6.69. The predicted octanol–water partition coefficient (Wildman–Crippen LogP) is -0.557. The standard InChI is InChI=1S/C6H5NO2.Ru/c8-6(9)5-3-1-2-4-7-5;/h1-4H,(H,8,9);/q;+3/p-1. The first kappa shape index (κ1) is 9.24. The molecule has 1 radical (unpaired) electrons. The minimum absolute atomic E-state index is 0. The van der Waals surface area contributed by atoms with Gasteiger partial charge in [0.15, 0.2) is 0 Å². The number of carboxylic acid groups (broad SMARTS) is 1. The van der Waals surface area contributed by atoms with Crippen molar-refractivity contribution in [3.63, 3.8) is 0 Å². The Labute approximate surface area is 70.9 Å². The van der Waals surface area contributed by atoms with Crippen LogP contribution in [0.4, 0.5) is 0 Å². The summed E-state index contributed by atoms with van der Waals surface area (Å²) in [5.74, 6) is -1.24. The molecular formula is C6H4NO2Ru+2. The molecule has 0 amide bonds. The van der Waals surface area contributed by atoms with Crippen LogP contribution in [0.15, 0.2) is 24.4 Å². The summed E-state index contributed by atoms with van der Waals surface area (Å²) in [6, 6.07) is 4.62. The van der Waals surface area contributed by atoms with Gasteiger partial charge in [-0.3, -0.25) is 4.98 Å². The van der Waals surface area contributed by atoms with E-state index >= 15 is 0 Å². The maximum Gasteiger partial charge on any atom is 3.00 e. The zero-order valence-electron chi connectivity index (χ0n) is 4.93. The van der Waals surface area contributed by atoms with Gasteiger partial charge in [-0.2, -0.15) is 0 Å². The third kappa shape index (κ3) is 2.23. The molecular weight excluding hydrogens is 219 g/mol. The van der Waals surface area contributed by atoms with Crippen molar-refractivity contribution in [2.75, 3.05) is 0 Å². The molecule has 0 aliphatic rings. The van der Waals surface area contributed by atoms with Crippen LogP contribution in [0.3, 0.4) is 0 Å². The molecule has 1 heterocycles. The van der Waals surface area contributed by atoms with Crippen molar-refractivity contribution in [1.29, 1.82) is 0 Å². The molecule has 0 bridgehead atoms. The summed E-state index contributed by atoms with van der Waals surface area (Å²) in [7, 11) is 0. The van der Waals surface area contributed by atoms with Gasteiger partial charge < -0.3 is 9.90 Å². The number of carbonyl (C=O) groups is 1. The predicted molar refractivity (Wildman–Crippen MR) is 28.6 cm³/mol. The molecule has 0 atom stereocenters. The van der Waals surface area contributed by atoms with Crippen LogP contribution in [-0.2, 0) is 19.5 Å². The summed E-state index contributed by atoms with van der Waals surface area (Å²) in [6.45, 7) is 0. The van der Waals surface area contributed by atoms with Gasteiger partial charge in [0.1, 0.15) is 0 Å². The SMILES string of the molecule is O=C([O-])c1ccccn1.[Ru+3]. The summed E-state index contributed by atoms with van der Waals surface area (Å²) >= 11 is 0. The van der Waals surface area contributed by atoms with E-state index in [9.17, 15) is 9.90 Å². The minimum atomic E-state index is -1.24. The van der Waals surface area contributed by atoms with Crippen LogP contribution in [0.5, 0.6) is 0 Å². The third-order valence-electron chi connectivity index (χ3n) is 0.874. The number of hydrogen-bond acceptors (Lipinski definition) is 3. The maximum atomic E-state index is 10.0. The van der Waals surface area contributed by atoms with E-state index in [1.165, 1.54) is 12.3 Å². The average molecular weight is 223 g/mol. The van der Waals surface area contributed by atoms with Crippen LogP contribution >= 0.6 is 0 Å². The van der Waals surface area contributed by atoms with E-state index in [4.69, 9.17) is 0 Å². The first-order chi connectivity index (χ1) is 4.30. The Bertz CT molecular complexity index is 212. The molecule has 0 spiro atoms. The molecule has 3 nitrogen and oxygen atoms in total. The molecule has 1 aromatic rings. The van der Waals surface area contributed by atoms with Crippen molar-refractivity contribution < 1.29 is 29.4 Å². The van der Waals surface area contributed by atoms with Crippen molar-refractivity contribution in [3.05, 3.63) is 30.1 Å². The number of nitrogens with zero attached hydrogens (tertiary/aromatic N) is 1. The first-order valence-corrected chi connectivity index (χ1v) is 2.43. The molecule has 0 aliphatic carbocycles. The van der Waals surface area contributed by atoms with Crippen LogP contribution in [0.25, 0.3) is 0 Å².